The van der Waals surface area contributed by atoms with Gasteiger partial charge in [0.15, 0.2) is 0 Å². The van der Waals surface area contributed by atoms with E-state index in [9.17, 15) is 0 Å². The minimum absolute atomic E-state index is 1.08. The molecule has 46 heavy (non-hydrogen) atoms. The second kappa shape index (κ2) is 11.0. The van der Waals surface area contributed by atoms with Crippen molar-refractivity contribution in [1.82, 2.24) is 4.57 Å². The van der Waals surface area contributed by atoms with Crippen LogP contribution in [0.15, 0.2) is 168 Å². The van der Waals surface area contributed by atoms with Crippen LogP contribution in [0, 0.1) is 0 Å². The van der Waals surface area contributed by atoms with Crippen LogP contribution in [0.3, 0.4) is 0 Å². The van der Waals surface area contributed by atoms with Crippen molar-refractivity contribution in [1.29, 1.82) is 0 Å². The van der Waals surface area contributed by atoms with E-state index in [0.717, 1.165) is 27.2 Å². The van der Waals surface area contributed by atoms with Crippen molar-refractivity contribution in [2.24, 2.45) is 0 Å². The second-order valence-electron chi connectivity index (χ2n) is 11.5. The maximum absolute atomic E-state index is 3.58. The highest BCUT2D eigenvalue weighted by atomic mass is 79.9. The first-order valence-electron chi connectivity index (χ1n) is 15.4. The van der Waals surface area contributed by atoms with Crippen molar-refractivity contribution in [3.05, 3.63) is 168 Å². The third-order valence-electron chi connectivity index (χ3n) is 8.82. The number of nitrogens with zero attached hydrogens (tertiary/aromatic N) is 2. The van der Waals surface area contributed by atoms with Crippen LogP contribution in [0.2, 0.25) is 0 Å². The van der Waals surface area contributed by atoms with Crippen LogP contribution in [0.25, 0.3) is 58.8 Å². The van der Waals surface area contributed by atoms with E-state index >= 15 is 0 Å². The monoisotopic (exact) mass is 670 g/mol. The lowest BCUT2D eigenvalue weighted by molar-refractivity contribution is 1.18. The lowest BCUT2D eigenvalue weighted by Gasteiger charge is -2.26. The van der Waals surface area contributed by atoms with Crippen molar-refractivity contribution in [2.45, 2.75) is 0 Å². The van der Waals surface area contributed by atoms with Gasteiger partial charge >= 0.3 is 0 Å². The number of thiophene rings is 1. The largest absolute Gasteiger partial charge is 0.310 e. The summed E-state index contributed by atoms with van der Waals surface area (Å²) in [6.07, 6.45) is 0. The van der Waals surface area contributed by atoms with Gasteiger partial charge in [-0.1, -0.05) is 101 Å². The van der Waals surface area contributed by atoms with Crippen molar-refractivity contribution < 1.29 is 0 Å². The molecule has 2 heterocycles. The normalized spacial score (nSPS) is 11.6. The third-order valence-corrected chi connectivity index (χ3v) is 10.5. The van der Waals surface area contributed by atoms with Crippen molar-refractivity contribution in [3.8, 4) is 16.8 Å². The molecule has 0 aliphatic carbocycles. The van der Waals surface area contributed by atoms with Gasteiger partial charge in [-0.05, 0) is 90.0 Å². The number of anilines is 3. The maximum atomic E-state index is 3.58. The summed E-state index contributed by atoms with van der Waals surface area (Å²) in [5, 5.41) is 5.23. The molecular weight excluding hydrogens is 644 g/mol. The topological polar surface area (TPSA) is 8.17 Å². The summed E-state index contributed by atoms with van der Waals surface area (Å²) in [5.74, 6) is 0. The summed E-state index contributed by atoms with van der Waals surface area (Å²) in [6.45, 7) is 0. The molecule has 0 saturated carbocycles. The Labute approximate surface area is 279 Å². The Bertz CT molecular complexity index is 2530. The minimum Gasteiger partial charge on any atom is -0.310 e. The minimum atomic E-state index is 1.08. The van der Waals surface area contributed by atoms with Crippen molar-refractivity contribution in [2.75, 3.05) is 4.90 Å². The van der Waals surface area contributed by atoms with E-state index in [-0.39, 0.29) is 0 Å². The number of para-hydroxylation sites is 2. The lowest BCUT2D eigenvalue weighted by Crippen LogP contribution is -2.10. The molecule has 2 aromatic heterocycles. The van der Waals surface area contributed by atoms with Crippen LogP contribution in [-0.4, -0.2) is 4.57 Å². The molecule has 2 nitrogen and oxygen atoms in total. The molecule has 0 aliphatic rings. The van der Waals surface area contributed by atoms with Gasteiger partial charge in [0.25, 0.3) is 0 Å². The van der Waals surface area contributed by atoms with E-state index in [1.807, 2.05) is 11.3 Å². The molecule has 0 aliphatic heterocycles. The number of fused-ring (bicyclic) bond motifs is 7. The van der Waals surface area contributed by atoms with Crippen LogP contribution in [0.4, 0.5) is 17.1 Å². The second-order valence-corrected chi connectivity index (χ2v) is 13.5. The fraction of sp³-hybridized carbons (Fsp3) is 0. The molecule has 218 valence electrons. The molecule has 0 amide bonds. The van der Waals surface area contributed by atoms with E-state index in [1.54, 1.807) is 0 Å². The highest BCUT2D eigenvalue weighted by molar-refractivity contribution is 9.10. The Kier molecular flexibility index (Phi) is 6.51. The summed E-state index contributed by atoms with van der Waals surface area (Å²) in [6, 6.07) is 59.1. The van der Waals surface area contributed by atoms with Gasteiger partial charge in [-0.2, -0.15) is 0 Å². The average Bonchev–Trinajstić information content (AvgIpc) is 3.65. The summed E-state index contributed by atoms with van der Waals surface area (Å²) in [4.78, 5) is 2.37. The van der Waals surface area contributed by atoms with Gasteiger partial charge in [-0.15, -0.1) is 11.3 Å². The molecule has 0 N–H and O–H groups in total. The summed E-state index contributed by atoms with van der Waals surface area (Å²) < 4.78 is 6.15. The summed E-state index contributed by atoms with van der Waals surface area (Å²) in [5.41, 5.74) is 9.26. The lowest BCUT2D eigenvalue weighted by atomic mass is 10.0. The standard InChI is InChI=1S/C42H27BrN2S/c43-30-20-18-28(19-21-30)29-10-9-15-33(26-29)44(31-11-3-1-4-12-31)34-22-23-35-38(27-34)45(32-13-5-2-6-14-32)37-24-25-40-42(41(35)37)36-16-7-8-17-39(36)46-40/h1-27H. The zero-order chi connectivity index (χ0) is 30.6. The number of benzene rings is 7. The summed E-state index contributed by atoms with van der Waals surface area (Å²) >= 11 is 5.46. The predicted octanol–water partition coefficient (Wildman–Crippen LogP) is 13.1. The highest BCUT2D eigenvalue weighted by Gasteiger charge is 2.20. The van der Waals surface area contributed by atoms with E-state index < -0.39 is 0 Å². The molecule has 0 saturated heterocycles. The van der Waals surface area contributed by atoms with Gasteiger partial charge in [-0.25, -0.2) is 0 Å². The average molecular weight is 672 g/mol. The van der Waals surface area contributed by atoms with Crippen LogP contribution in [0.1, 0.15) is 0 Å². The molecule has 4 heteroatoms. The number of hydrogen-bond donors (Lipinski definition) is 0. The first-order chi connectivity index (χ1) is 22.7. The third kappa shape index (κ3) is 4.45. The smallest absolute Gasteiger partial charge is 0.0562 e. The number of rotatable bonds is 5. The fourth-order valence-electron chi connectivity index (χ4n) is 6.80. The van der Waals surface area contributed by atoms with E-state index in [4.69, 9.17) is 0 Å². The fourth-order valence-corrected chi connectivity index (χ4v) is 8.17. The van der Waals surface area contributed by atoms with Crippen LogP contribution >= 0.6 is 27.3 Å². The zero-order valence-electron chi connectivity index (χ0n) is 24.8. The van der Waals surface area contributed by atoms with Gasteiger partial charge in [0.05, 0.1) is 11.0 Å². The molecule has 0 spiro atoms. The van der Waals surface area contributed by atoms with Crippen molar-refractivity contribution in [3.63, 3.8) is 0 Å². The van der Waals surface area contributed by atoms with Gasteiger partial charge < -0.3 is 9.47 Å². The Hall–Kier alpha value is -5.16. The molecule has 0 fully saturated rings. The quantitative estimate of drug-likeness (QED) is 0.177. The van der Waals surface area contributed by atoms with Gasteiger partial charge in [0.1, 0.15) is 0 Å². The molecule has 0 bridgehead atoms. The molecular formula is C42H27BrN2S. The first kappa shape index (κ1) is 27.2. The van der Waals surface area contributed by atoms with Crippen LogP contribution in [0.5, 0.6) is 0 Å². The number of halogens is 1. The Balaban J connectivity index is 1.32. The van der Waals surface area contributed by atoms with Gasteiger partial charge in [0.2, 0.25) is 0 Å². The SMILES string of the molecule is Brc1ccc(-c2cccc(N(c3ccccc3)c3ccc4c5c6c(ccc5n(-c5ccccc5)c4c3)sc3ccccc36)c2)cc1. The molecule has 9 aromatic rings. The van der Waals surface area contributed by atoms with Gasteiger partial charge in [-0.3, -0.25) is 0 Å². The van der Waals surface area contributed by atoms with Crippen LogP contribution in [-0.2, 0) is 0 Å². The van der Waals surface area contributed by atoms with Crippen molar-refractivity contribution >= 4 is 86.3 Å². The Morgan fingerprint density at radius 2 is 1.17 bits per heavy atom. The summed E-state index contributed by atoms with van der Waals surface area (Å²) in [7, 11) is 0. The van der Waals surface area contributed by atoms with Gasteiger partial charge in [0, 0.05) is 58.2 Å². The Morgan fingerprint density at radius 1 is 0.457 bits per heavy atom. The molecule has 7 aromatic carbocycles. The van der Waals surface area contributed by atoms with Crippen LogP contribution < -0.4 is 4.90 Å². The molecule has 0 unspecified atom stereocenters. The predicted molar refractivity (Wildman–Crippen MR) is 201 cm³/mol. The van der Waals surface area contributed by atoms with E-state index in [0.29, 0.717) is 0 Å². The number of aromatic nitrogens is 1. The molecule has 9 rings (SSSR count). The highest BCUT2D eigenvalue weighted by Crippen LogP contribution is 2.45. The Morgan fingerprint density at radius 3 is 2.00 bits per heavy atom. The van der Waals surface area contributed by atoms with E-state index in [1.165, 1.54) is 53.1 Å². The molecule has 0 atom stereocenters. The maximum Gasteiger partial charge on any atom is 0.0562 e. The number of hydrogen-bond acceptors (Lipinski definition) is 2. The van der Waals surface area contributed by atoms with E-state index in [2.05, 4.69) is 189 Å². The zero-order valence-corrected chi connectivity index (χ0v) is 27.2. The molecule has 0 radical (unpaired) electrons. The first-order valence-corrected chi connectivity index (χ1v) is 17.0.